The van der Waals surface area contributed by atoms with Crippen molar-refractivity contribution in [1.29, 1.82) is 0 Å². The number of hydrogen-bond acceptors (Lipinski definition) is 2. The highest BCUT2D eigenvalue weighted by molar-refractivity contribution is 5.89. The summed E-state index contributed by atoms with van der Waals surface area (Å²) in [6.45, 7) is 18.2. The summed E-state index contributed by atoms with van der Waals surface area (Å²) >= 11 is 0. The Morgan fingerprint density at radius 2 is 0.833 bits per heavy atom. The number of benzene rings is 6. The van der Waals surface area contributed by atoms with Gasteiger partial charge in [0.2, 0.25) is 0 Å². The minimum Gasteiger partial charge on any atom is -0.463 e. The average molecular weight is 789 g/mol. The largest absolute Gasteiger partial charge is 0.463 e. The van der Waals surface area contributed by atoms with Gasteiger partial charge in [0, 0.05) is 22.3 Å². The van der Waals surface area contributed by atoms with Gasteiger partial charge in [-0.2, -0.15) is 0 Å². The highest BCUT2D eigenvalue weighted by atomic mass is 16.5. The predicted molar refractivity (Wildman–Crippen MR) is 252 cm³/mol. The minimum atomic E-state index is -0.345. The number of unbranched alkanes of at least 4 members (excludes halogenated alkanes) is 1. The van der Waals surface area contributed by atoms with Crippen molar-refractivity contribution in [2.45, 2.75) is 116 Å². The van der Waals surface area contributed by atoms with Crippen molar-refractivity contribution in [3.8, 4) is 55.6 Å². The molecule has 0 amide bonds. The molecule has 2 heteroatoms. The molecule has 0 saturated carbocycles. The molecule has 304 valence electrons. The Kier molecular flexibility index (Phi) is 10.3. The molecule has 0 heterocycles. The highest BCUT2D eigenvalue weighted by Gasteiger charge is 2.44. The molecule has 6 aromatic rings. The van der Waals surface area contributed by atoms with Crippen molar-refractivity contribution < 1.29 is 9.53 Å². The Morgan fingerprint density at radius 1 is 0.467 bits per heavy atom. The van der Waals surface area contributed by atoms with E-state index in [-0.39, 0.29) is 22.2 Å². The number of rotatable bonds is 14. The SMILES string of the molecule is C=CC(=O)OCCCCc1ccc2c(c1)C(CC)(CC)c1cc(-c3ccc4c(c3)C(CC)(CC)c3cc(-c5ccc6c(c5)C(CC)(CC)c5ccccc5-6)ccc3-4)ccc1-2. The Bertz CT molecular complexity index is 2640. The van der Waals surface area contributed by atoms with Crippen LogP contribution in [0.2, 0.25) is 0 Å². The molecule has 0 spiro atoms. The van der Waals surface area contributed by atoms with Crippen molar-refractivity contribution in [3.63, 3.8) is 0 Å². The van der Waals surface area contributed by atoms with Crippen LogP contribution >= 0.6 is 0 Å². The van der Waals surface area contributed by atoms with Gasteiger partial charge in [-0.3, -0.25) is 0 Å². The minimum absolute atomic E-state index is 0.0234. The number of carbonyl (C=O) groups excluding carboxylic acids is 1. The van der Waals surface area contributed by atoms with Crippen LogP contribution in [0.15, 0.2) is 128 Å². The first kappa shape index (κ1) is 40.0. The molecule has 0 saturated heterocycles. The fourth-order valence-electron chi connectivity index (χ4n) is 12.1. The summed E-state index contributed by atoms with van der Waals surface area (Å²) in [6.07, 6.45) is 10.5. The molecule has 0 radical (unpaired) electrons. The molecule has 9 rings (SSSR count). The van der Waals surface area contributed by atoms with Gasteiger partial charge in [0.1, 0.15) is 0 Å². The zero-order chi connectivity index (χ0) is 41.8. The third-order valence-corrected chi connectivity index (χ3v) is 15.6. The van der Waals surface area contributed by atoms with E-state index in [0.717, 1.165) is 57.8 Å². The lowest BCUT2D eigenvalue weighted by atomic mass is 9.72. The standard InChI is InChI=1S/C58H60O2/c1-8-55(59)60-32-18-17-19-38-22-27-44-46-29-24-40(35-52(46)57(11-4,12-5)50(44)33-38)42-26-31-48-47-30-25-41(36-53(47)58(13-6,14-7)54(48)37-42)39-23-28-45-43-20-15-16-21-49(43)56(9-2,10-3)51(45)34-39/h8,15-16,20-31,33-37H,1,9-14,17-19,32H2,2-7H3. The fraction of sp³-hybridized carbons (Fsp3) is 0.328. The van der Waals surface area contributed by atoms with Gasteiger partial charge in [-0.15, -0.1) is 0 Å². The van der Waals surface area contributed by atoms with Gasteiger partial charge in [0.15, 0.2) is 0 Å². The second-order valence-corrected chi connectivity index (χ2v) is 17.7. The van der Waals surface area contributed by atoms with E-state index in [4.69, 9.17) is 4.74 Å². The van der Waals surface area contributed by atoms with Crippen LogP contribution in [0.1, 0.15) is 132 Å². The summed E-state index contributed by atoms with van der Waals surface area (Å²) in [5.74, 6) is -0.345. The fourth-order valence-corrected chi connectivity index (χ4v) is 12.1. The van der Waals surface area contributed by atoms with Crippen LogP contribution < -0.4 is 0 Å². The van der Waals surface area contributed by atoms with Gasteiger partial charge in [-0.25, -0.2) is 4.79 Å². The van der Waals surface area contributed by atoms with Crippen LogP contribution in [-0.2, 0) is 32.2 Å². The van der Waals surface area contributed by atoms with Crippen molar-refractivity contribution >= 4 is 5.97 Å². The Hall–Kier alpha value is -5.47. The van der Waals surface area contributed by atoms with Crippen LogP contribution in [0, 0.1) is 0 Å². The normalized spacial score (nSPS) is 15.4. The van der Waals surface area contributed by atoms with Crippen LogP contribution in [-0.4, -0.2) is 12.6 Å². The first-order valence-electron chi connectivity index (χ1n) is 22.9. The molecule has 3 aliphatic carbocycles. The first-order valence-corrected chi connectivity index (χ1v) is 22.9. The van der Waals surface area contributed by atoms with E-state index >= 15 is 0 Å². The maximum absolute atomic E-state index is 11.5. The number of aryl methyl sites for hydroxylation is 1. The zero-order valence-corrected chi connectivity index (χ0v) is 36.6. The number of ether oxygens (including phenoxy) is 1. The molecule has 0 bridgehead atoms. The van der Waals surface area contributed by atoms with Crippen molar-refractivity contribution in [3.05, 3.63) is 167 Å². The smallest absolute Gasteiger partial charge is 0.330 e. The monoisotopic (exact) mass is 788 g/mol. The summed E-state index contributed by atoms with van der Waals surface area (Å²) in [5, 5.41) is 0. The molecule has 0 aromatic heterocycles. The average Bonchev–Trinajstić information content (AvgIpc) is 3.86. The van der Waals surface area contributed by atoms with E-state index in [1.54, 1.807) is 0 Å². The van der Waals surface area contributed by atoms with Crippen LogP contribution in [0.5, 0.6) is 0 Å². The van der Waals surface area contributed by atoms with E-state index in [1.807, 2.05) is 0 Å². The first-order chi connectivity index (χ1) is 29.3. The van der Waals surface area contributed by atoms with E-state index in [0.29, 0.717) is 6.61 Å². The number of esters is 1. The molecule has 0 N–H and O–H groups in total. The predicted octanol–water partition coefficient (Wildman–Crippen LogP) is 15.3. The molecule has 60 heavy (non-hydrogen) atoms. The quantitative estimate of drug-likeness (QED) is 0.0624. The summed E-state index contributed by atoms with van der Waals surface area (Å²) in [4.78, 5) is 11.5. The Labute approximate surface area is 358 Å². The third kappa shape index (κ3) is 5.84. The second-order valence-electron chi connectivity index (χ2n) is 17.7. The Balaban J connectivity index is 1.05. The van der Waals surface area contributed by atoms with Crippen LogP contribution in [0.4, 0.5) is 0 Å². The lowest BCUT2D eigenvalue weighted by Crippen LogP contribution is -2.23. The van der Waals surface area contributed by atoms with Crippen molar-refractivity contribution in [1.82, 2.24) is 0 Å². The lowest BCUT2D eigenvalue weighted by molar-refractivity contribution is -0.137. The molecule has 0 atom stereocenters. The molecule has 3 aliphatic rings. The summed E-state index contributed by atoms with van der Waals surface area (Å²) < 4.78 is 5.22. The number of carbonyl (C=O) groups is 1. The Morgan fingerprint density at radius 3 is 1.25 bits per heavy atom. The van der Waals surface area contributed by atoms with Gasteiger partial charge in [-0.1, -0.05) is 139 Å². The van der Waals surface area contributed by atoms with Gasteiger partial charge >= 0.3 is 5.97 Å². The topological polar surface area (TPSA) is 26.3 Å². The lowest BCUT2D eigenvalue weighted by Gasteiger charge is -2.31. The second kappa shape index (κ2) is 15.5. The summed E-state index contributed by atoms with van der Waals surface area (Å²) in [6, 6.07) is 45.5. The van der Waals surface area contributed by atoms with Crippen LogP contribution in [0.3, 0.4) is 0 Å². The molecular weight excluding hydrogens is 729 g/mol. The molecule has 2 nitrogen and oxygen atoms in total. The zero-order valence-electron chi connectivity index (χ0n) is 36.6. The van der Waals surface area contributed by atoms with Crippen molar-refractivity contribution in [2.24, 2.45) is 0 Å². The van der Waals surface area contributed by atoms with Gasteiger partial charge < -0.3 is 4.74 Å². The molecule has 0 unspecified atom stereocenters. The highest BCUT2D eigenvalue weighted by Crippen LogP contribution is 2.57. The van der Waals surface area contributed by atoms with E-state index in [1.165, 1.54) is 101 Å². The van der Waals surface area contributed by atoms with Gasteiger partial charge in [-0.05, 0) is 177 Å². The maximum atomic E-state index is 11.5. The van der Waals surface area contributed by atoms with Gasteiger partial charge in [0.05, 0.1) is 6.61 Å². The van der Waals surface area contributed by atoms with Crippen LogP contribution in [0.25, 0.3) is 55.6 Å². The number of fused-ring (bicyclic) bond motifs is 9. The third-order valence-electron chi connectivity index (χ3n) is 15.6. The van der Waals surface area contributed by atoms with Crippen molar-refractivity contribution in [2.75, 3.05) is 6.61 Å². The van der Waals surface area contributed by atoms with E-state index in [2.05, 4.69) is 163 Å². The van der Waals surface area contributed by atoms with Gasteiger partial charge in [0.25, 0.3) is 0 Å². The molecule has 6 aromatic carbocycles. The molecule has 0 fully saturated rings. The summed E-state index contributed by atoms with van der Waals surface area (Å²) in [5.41, 5.74) is 23.8. The maximum Gasteiger partial charge on any atom is 0.330 e. The molecule has 0 aliphatic heterocycles. The van der Waals surface area contributed by atoms with E-state index in [9.17, 15) is 4.79 Å². The molecular formula is C58H60O2. The van der Waals surface area contributed by atoms with E-state index < -0.39 is 0 Å². The number of hydrogen-bond donors (Lipinski definition) is 0. The summed E-state index contributed by atoms with van der Waals surface area (Å²) in [7, 11) is 0.